The fourth-order valence-electron chi connectivity index (χ4n) is 3.18. The Labute approximate surface area is 180 Å². The largest absolute Gasteiger partial charge is 0.494 e. The second-order valence-electron chi connectivity index (χ2n) is 8.24. The van der Waals surface area contributed by atoms with Crippen LogP contribution in [0.25, 0.3) is 22.1 Å². The standard InChI is InChI=1S/C13H17BN2O3.C7H5BrN2O/c1-12(2)13(3,4)19-14(18-12)8-5-6-9-10(7-8)16-11(17)15-9;8-4-1-2-5-6(3-4)10-7(11)9-5/h5-7H,1-4H3,(H2,15,16,17);1-3H,(H2,9,10,11). The van der Waals surface area contributed by atoms with Crippen molar-refractivity contribution in [2.75, 3.05) is 0 Å². The van der Waals surface area contributed by atoms with Crippen LogP contribution in [0.3, 0.4) is 0 Å². The molecule has 2 aromatic heterocycles. The summed E-state index contributed by atoms with van der Waals surface area (Å²) >= 11 is 3.31. The van der Waals surface area contributed by atoms with E-state index >= 15 is 0 Å². The first kappa shape index (κ1) is 20.7. The molecule has 156 valence electrons. The number of nitrogens with one attached hydrogen (secondary N) is 4. The first-order valence-corrected chi connectivity index (χ1v) is 10.3. The molecule has 2 aromatic carbocycles. The Morgan fingerprint density at radius 1 is 0.733 bits per heavy atom. The van der Waals surface area contributed by atoms with Crippen LogP contribution < -0.4 is 16.8 Å². The van der Waals surface area contributed by atoms with E-state index in [1.807, 2.05) is 64.1 Å². The van der Waals surface area contributed by atoms with Crippen LogP contribution in [-0.2, 0) is 9.31 Å². The van der Waals surface area contributed by atoms with Crippen molar-refractivity contribution in [3.05, 3.63) is 61.8 Å². The molecule has 0 unspecified atom stereocenters. The summed E-state index contributed by atoms with van der Waals surface area (Å²) in [4.78, 5) is 32.8. The predicted octanol–water partition coefficient (Wildman–Crippen LogP) is 2.77. The first-order chi connectivity index (χ1) is 14.0. The molecule has 1 aliphatic heterocycles. The van der Waals surface area contributed by atoms with Crippen molar-refractivity contribution in [1.82, 2.24) is 19.9 Å². The highest BCUT2D eigenvalue weighted by Gasteiger charge is 2.51. The summed E-state index contributed by atoms with van der Waals surface area (Å²) in [6.45, 7) is 8.07. The monoisotopic (exact) mass is 472 g/mol. The van der Waals surface area contributed by atoms with Gasteiger partial charge in [-0.25, -0.2) is 9.59 Å². The number of aromatic nitrogens is 4. The molecule has 4 N–H and O–H groups in total. The third-order valence-corrected chi connectivity index (χ3v) is 6.04. The van der Waals surface area contributed by atoms with Gasteiger partial charge in [0.15, 0.2) is 0 Å². The normalized spacial score (nSPS) is 17.3. The van der Waals surface area contributed by atoms with E-state index in [1.165, 1.54) is 0 Å². The van der Waals surface area contributed by atoms with Crippen LogP contribution in [0.2, 0.25) is 0 Å². The first-order valence-electron chi connectivity index (χ1n) is 9.49. The van der Waals surface area contributed by atoms with Gasteiger partial charge in [0.05, 0.1) is 33.3 Å². The van der Waals surface area contributed by atoms with Gasteiger partial charge in [-0.3, -0.25) is 0 Å². The van der Waals surface area contributed by atoms with E-state index < -0.39 is 7.12 Å². The van der Waals surface area contributed by atoms with Gasteiger partial charge in [0.2, 0.25) is 0 Å². The average molecular weight is 473 g/mol. The average Bonchev–Trinajstić information content (AvgIpc) is 3.26. The van der Waals surface area contributed by atoms with Crippen molar-refractivity contribution in [3.63, 3.8) is 0 Å². The van der Waals surface area contributed by atoms with Crippen LogP contribution in [0.15, 0.2) is 50.5 Å². The molecule has 1 aliphatic rings. The Morgan fingerprint density at radius 2 is 1.20 bits per heavy atom. The lowest BCUT2D eigenvalue weighted by Crippen LogP contribution is -2.41. The molecule has 8 nitrogen and oxygen atoms in total. The molecule has 0 aliphatic carbocycles. The van der Waals surface area contributed by atoms with Gasteiger partial charge >= 0.3 is 18.5 Å². The Hall–Kier alpha value is -2.56. The van der Waals surface area contributed by atoms with E-state index in [4.69, 9.17) is 9.31 Å². The van der Waals surface area contributed by atoms with Gasteiger partial charge in [-0.2, -0.15) is 0 Å². The molecule has 0 atom stereocenters. The topological polar surface area (TPSA) is 116 Å². The second kappa shape index (κ2) is 7.30. The van der Waals surface area contributed by atoms with E-state index in [0.717, 1.165) is 32.0 Å². The highest BCUT2D eigenvalue weighted by molar-refractivity contribution is 9.10. The van der Waals surface area contributed by atoms with E-state index in [2.05, 4.69) is 35.9 Å². The Morgan fingerprint density at radius 3 is 1.77 bits per heavy atom. The van der Waals surface area contributed by atoms with E-state index in [1.54, 1.807) is 0 Å². The fourth-order valence-corrected chi connectivity index (χ4v) is 3.54. The van der Waals surface area contributed by atoms with Crippen LogP contribution >= 0.6 is 15.9 Å². The quantitative estimate of drug-likeness (QED) is 0.319. The fraction of sp³-hybridized carbons (Fsp3) is 0.300. The maximum Gasteiger partial charge on any atom is 0.494 e. The smallest absolute Gasteiger partial charge is 0.399 e. The van der Waals surface area contributed by atoms with Gasteiger partial charge in [-0.1, -0.05) is 22.0 Å². The zero-order valence-electron chi connectivity index (χ0n) is 17.1. The Balaban J connectivity index is 0.000000168. The highest BCUT2D eigenvalue weighted by Crippen LogP contribution is 2.36. The third-order valence-electron chi connectivity index (χ3n) is 5.54. The van der Waals surface area contributed by atoms with Crippen LogP contribution in [-0.4, -0.2) is 38.3 Å². The molecule has 4 aromatic rings. The summed E-state index contributed by atoms with van der Waals surface area (Å²) in [6, 6.07) is 11.2. The summed E-state index contributed by atoms with van der Waals surface area (Å²) < 4.78 is 12.9. The Kier molecular flexibility index (Phi) is 5.04. The van der Waals surface area contributed by atoms with Gasteiger partial charge in [0.1, 0.15) is 0 Å². The summed E-state index contributed by atoms with van der Waals surface area (Å²) in [7, 11) is -0.409. The molecule has 1 saturated heterocycles. The molecule has 3 heterocycles. The zero-order valence-corrected chi connectivity index (χ0v) is 18.6. The van der Waals surface area contributed by atoms with Gasteiger partial charge in [0, 0.05) is 4.47 Å². The number of H-pyrrole nitrogens is 4. The van der Waals surface area contributed by atoms with Crippen molar-refractivity contribution in [2.24, 2.45) is 0 Å². The van der Waals surface area contributed by atoms with Gasteiger partial charge < -0.3 is 29.2 Å². The minimum Gasteiger partial charge on any atom is -0.399 e. The van der Waals surface area contributed by atoms with Crippen molar-refractivity contribution >= 4 is 50.6 Å². The number of aromatic amines is 4. The predicted molar refractivity (Wildman–Crippen MR) is 121 cm³/mol. The number of imidazole rings is 2. The lowest BCUT2D eigenvalue weighted by atomic mass is 9.79. The summed E-state index contributed by atoms with van der Waals surface area (Å²) in [6.07, 6.45) is 0. The van der Waals surface area contributed by atoms with Gasteiger partial charge in [-0.15, -0.1) is 0 Å². The van der Waals surface area contributed by atoms with E-state index in [0.29, 0.717) is 0 Å². The molecule has 0 radical (unpaired) electrons. The molecule has 30 heavy (non-hydrogen) atoms. The number of hydrogen-bond acceptors (Lipinski definition) is 4. The van der Waals surface area contributed by atoms with Crippen molar-refractivity contribution < 1.29 is 9.31 Å². The van der Waals surface area contributed by atoms with Crippen molar-refractivity contribution in [2.45, 2.75) is 38.9 Å². The minimum atomic E-state index is -0.409. The minimum absolute atomic E-state index is 0.168. The van der Waals surface area contributed by atoms with E-state index in [-0.39, 0.29) is 22.6 Å². The molecule has 1 fully saturated rings. The number of halogens is 1. The van der Waals surface area contributed by atoms with E-state index in [9.17, 15) is 9.59 Å². The molecular formula is C20H22BBrN4O4. The Bertz CT molecular complexity index is 1320. The van der Waals surface area contributed by atoms with Gasteiger partial charge in [-0.05, 0) is 63.5 Å². The lowest BCUT2D eigenvalue weighted by Gasteiger charge is -2.32. The maximum atomic E-state index is 11.3. The highest BCUT2D eigenvalue weighted by atomic mass is 79.9. The number of benzene rings is 2. The van der Waals surface area contributed by atoms with Gasteiger partial charge in [0.25, 0.3) is 0 Å². The lowest BCUT2D eigenvalue weighted by molar-refractivity contribution is 0.00578. The van der Waals surface area contributed by atoms with Crippen LogP contribution in [0.1, 0.15) is 27.7 Å². The number of rotatable bonds is 1. The number of fused-ring (bicyclic) bond motifs is 2. The SMILES string of the molecule is CC1(C)OB(c2ccc3[nH]c(=O)[nH]c3c2)OC1(C)C.O=c1[nH]c2ccc(Br)cc2[nH]1. The zero-order chi connectivity index (χ0) is 21.7. The molecular weight excluding hydrogens is 451 g/mol. The van der Waals surface area contributed by atoms with Crippen LogP contribution in [0.4, 0.5) is 0 Å². The molecule has 0 spiro atoms. The van der Waals surface area contributed by atoms with Crippen LogP contribution in [0, 0.1) is 0 Å². The summed E-state index contributed by atoms with van der Waals surface area (Å²) in [5.41, 5.74) is 3.00. The second-order valence-corrected chi connectivity index (χ2v) is 9.16. The molecule has 0 saturated carbocycles. The third kappa shape index (κ3) is 3.90. The molecule has 10 heteroatoms. The number of hydrogen-bond donors (Lipinski definition) is 4. The summed E-state index contributed by atoms with van der Waals surface area (Å²) in [5, 5.41) is 0. The summed E-state index contributed by atoms with van der Waals surface area (Å²) in [5.74, 6) is 0. The molecule has 0 bridgehead atoms. The molecule has 0 amide bonds. The van der Waals surface area contributed by atoms with Crippen LogP contribution in [0.5, 0.6) is 0 Å². The molecule has 5 rings (SSSR count). The van der Waals surface area contributed by atoms with Crippen molar-refractivity contribution in [3.8, 4) is 0 Å². The maximum absolute atomic E-state index is 11.3. The van der Waals surface area contributed by atoms with Crippen molar-refractivity contribution in [1.29, 1.82) is 0 Å².